The highest BCUT2D eigenvalue weighted by Gasteiger charge is 2.41. The first-order valence-electron chi connectivity index (χ1n) is 35.2. The number of carbonyl (C=O) groups excluding carboxylic acids is 6. The van der Waals surface area contributed by atoms with Gasteiger partial charge < -0.3 is 58.0 Å². The lowest BCUT2D eigenvalue weighted by Crippen LogP contribution is -2.22. The lowest BCUT2D eigenvalue weighted by Gasteiger charge is -2.19. The average Bonchev–Trinajstić information content (AvgIpc) is 1.33. The quantitative estimate of drug-likeness (QED) is 0.0479. The van der Waals surface area contributed by atoms with E-state index in [0.717, 1.165) is 103 Å². The second-order valence-electron chi connectivity index (χ2n) is 26.7. The van der Waals surface area contributed by atoms with Crippen molar-refractivity contribution in [2.24, 2.45) is 35.5 Å². The number of cyclic esters (lactones) is 3. The summed E-state index contributed by atoms with van der Waals surface area (Å²) >= 11 is 0. The van der Waals surface area contributed by atoms with Gasteiger partial charge in [-0.1, -0.05) is 85.0 Å². The Balaban J connectivity index is 0.000000175. The summed E-state index contributed by atoms with van der Waals surface area (Å²) in [7, 11) is 0. The van der Waals surface area contributed by atoms with E-state index in [4.69, 9.17) is 42.6 Å². The van der Waals surface area contributed by atoms with Gasteiger partial charge in [0.15, 0.2) is 0 Å². The molecule has 3 N–H and O–H groups in total. The first-order chi connectivity index (χ1) is 48.5. The van der Waals surface area contributed by atoms with Gasteiger partial charge in [-0.15, -0.1) is 0 Å². The van der Waals surface area contributed by atoms with E-state index in [1.807, 2.05) is 87.5 Å². The van der Waals surface area contributed by atoms with Crippen molar-refractivity contribution >= 4 is 58.0 Å². The average molecular weight is 1370 g/mol. The SMILES string of the molecule is C[C@H]1CCC/C=C/[C@@H]2C[C@H](OC(=O)OCCCc3cccnc3)C[C@H]2[C@H](O)/C=C/C(=O)O1.C[C@H]1CCC/C=C/[C@@H]2C[C@H](OC(=O)OCc3cnc4ccccc4c3)C[C@H]2[C@H](O)/C=C/C(=O)O1.C[C@H]1CCC/C=C/[C@@H]2C[C@H](OC(=O)OCc3cncc4ccccc34)C[C@H]2[C@H](O)/C=C/C(=O)O1. The second kappa shape index (κ2) is 39.1. The zero-order valence-electron chi connectivity index (χ0n) is 57.3. The van der Waals surface area contributed by atoms with Crippen LogP contribution in [0, 0.1) is 35.5 Å². The number of rotatable bonds is 11. The van der Waals surface area contributed by atoms with Gasteiger partial charge in [0, 0.05) is 71.1 Å². The van der Waals surface area contributed by atoms with Gasteiger partial charge in [-0.3, -0.25) is 15.0 Å². The molecular weight excluding hydrogens is 1280 g/mol. The fourth-order valence-corrected chi connectivity index (χ4v) is 13.8. The Hall–Kier alpha value is -9.05. The second-order valence-corrected chi connectivity index (χ2v) is 26.7. The van der Waals surface area contributed by atoms with E-state index >= 15 is 0 Å². The highest BCUT2D eigenvalue weighted by Crippen LogP contribution is 2.41. The van der Waals surface area contributed by atoms with Crippen LogP contribution < -0.4 is 0 Å². The molecule has 3 aliphatic heterocycles. The molecule has 6 heterocycles. The fourth-order valence-electron chi connectivity index (χ4n) is 13.8. The van der Waals surface area contributed by atoms with E-state index in [1.165, 1.54) is 36.5 Å². The van der Waals surface area contributed by atoms with E-state index in [-0.39, 0.29) is 92.0 Å². The maximum absolute atomic E-state index is 12.4. The third kappa shape index (κ3) is 24.4. The number of benzene rings is 2. The third-order valence-electron chi connectivity index (χ3n) is 19.0. The number of pyridine rings is 3. The maximum atomic E-state index is 12.4. The Labute approximate surface area is 584 Å². The summed E-state index contributed by atoms with van der Waals surface area (Å²) < 4.78 is 48.6. The van der Waals surface area contributed by atoms with Crippen LogP contribution >= 0.6 is 0 Å². The standard InChI is InChI=1S/2C27H31NO6.C25H33NO6/c1-18-7-3-2-4-8-20-14-22(15-23(20)25(29)11-12-26(30)33-18)34-27(31)32-17-19-13-21-9-5-6-10-24(21)28-16-19;1-18-7-3-2-4-8-19-13-22(14-24(19)25(29)11-12-26(30)33-18)34-27(31)32-17-21-16-28-15-20-9-5-6-10-23(20)21;1-18-7-3-2-4-10-20-15-21(16-22(20)23(27)11-12-24(28)31-18)32-25(29)30-14-6-9-19-8-5-13-26-17-19/h4-6,8-13,16,18,20,22-23,25,29H,2-3,7,14-15,17H2,1H3;4-6,8-12,15-16,18-19,22,24-25,29H,2-3,7,13-14,17H2,1H3;4-5,8,10-13,17-18,20-23,27H,2-3,6-7,9,14-16H2,1H3/b2*8-4+,12-11+;10-4+,12-11+/t18-,20+,22-,23+,25+;18-,19+,22-,24+,25+;18-,20+,21-,22+,23+/m000/s1. The van der Waals surface area contributed by atoms with Crippen molar-refractivity contribution in [3.63, 3.8) is 0 Å². The summed E-state index contributed by atoms with van der Waals surface area (Å²) in [5, 5.41) is 35.0. The zero-order valence-corrected chi connectivity index (χ0v) is 57.3. The van der Waals surface area contributed by atoms with Crippen LogP contribution in [0.15, 0.2) is 171 Å². The molecule has 534 valence electrons. The molecule has 21 nitrogen and oxygen atoms in total. The molecule has 11 rings (SSSR count). The summed E-state index contributed by atoms with van der Waals surface area (Å²) in [5.74, 6) is -1.68. The Kier molecular flexibility index (Phi) is 29.4. The number of nitrogens with zero attached hydrogens (tertiary/aromatic N) is 3. The van der Waals surface area contributed by atoms with E-state index < -0.39 is 54.7 Å². The zero-order chi connectivity index (χ0) is 70.6. The number of aromatic nitrogens is 3. The van der Waals surface area contributed by atoms with Gasteiger partial charge in [0.2, 0.25) is 0 Å². The molecule has 100 heavy (non-hydrogen) atoms. The number of para-hydroxylation sites is 1. The van der Waals surface area contributed by atoms with Gasteiger partial charge in [0.05, 0.1) is 48.7 Å². The van der Waals surface area contributed by atoms with Crippen molar-refractivity contribution in [1.29, 1.82) is 0 Å². The van der Waals surface area contributed by atoms with Crippen molar-refractivity contribution in [2.45, 2.75) is 198 Å². The molecule has 0 radical (unpaired) electrons. The molecule has 3 aromatic heterocycles. The Bertz CT molecular complexity index is 3650. The van der Waals surface area contributed by atoms with Crippen LogP contribution in [-0.2, 0) is 76.6 Å². The molecule has 0 bridgehead atoms. The van der Waals surface area contributed by atoms with Crippen LogP contribution in [0.25, 0.3) is 21.7 Å². The Morgan fingerprint density at radius 1 is 0.490 bits per heavy atom. The van der Waals surface area contributed by atoms with Crippen LogP contribution in [0.2, 0.25) is 0 Å². The molecule has 0 unspecified atom stereocenters. The highest BCUT2D eigenvalue weighted by atomic mass is 16.7. The third-order valence-corrected chi connectivity index (χ3v) is 19.0. The lowest BCUT2D eigenvalue weighted by molar-refractivity contribution is -0.143. The summed E-state index contributed by atoms with van der Waals surface area (Å²) in [6.45, 7) is 6.04. The molecule has 0 amide bonds. The van der Waals surface area contributed by atoms with Gasteiger partial charge in [-0.25, -0.2) is 28.8 Å². The van der Waals surface area contributed by atoms with Gasteiger partial charge in [0.1, 0.15) is 31.5 Å². The number of esters is 3. The van der Waals surface area contributed by atoms with Crippen LogP contribution in [0.3, 0.4) is 0 Å². The van der Waals surface area contributed by atoms with Crippen molar-refractivity contribution in [3.05, 3.63) is 187 Å². The minimum atomic E-state index is -0.843. The molecule has 0 saturated heterocycles. The molecular formula is C79H95N3O18. The van der Waals surface area contributed by atoms with Crippen LogP contribution in [-0.4, -0.2) is 128 Å². The predicted molar refractivity (Wildman–Crippen MR) is 372 cm³/mol. The van der Waals surface area contributed by atoms with Crippen LogP contribution in [0.1, 0.15) is 140 Å². The molecule has 3 saturated carbocycles. The summed E-state index contributed by atoms with van der Waals surface area (Å²) in [6, 6.07) is 21.3. The first-order valence-corrected chi connectivity index (χ1v) is 35.2. The number of carbonyl (C=O) groups is 6. The lowest BCUT2D eigenvalue weighted by atomic mass is 9.90. The number of aliphatic hydroxyl groups excluding tert-OH is 3. The monoisotopic (exact) mass is 1370 g/mol. The fraction of sp³-hybridized carbons (Fsp3) is 0.481. The van der Waals surface area contributed by atoms with Gasteiger partial charge in [-0.2, -0.15) is 0 Å². The maximum Gasteiger partial charge on any atom is 0.508 e. The van der Waals surface area contributed by atoms with Crippen LogP contribution in [0.4, 0.5) is 14.4 Å². The topological polar surface area (TPSA) is 285 Å². The molecule has 21 heteroatoms. The van der Waals surface area contributed by atoms with E-state index in [1.54, 1.807) is 31.0 Å². The Morgan fingerprint density at radius 2 is 0.960 bits per heavy atom. The molecule has 6 aliphatic rings. The summed E-state index contributed by atoms with van der Waals surface area (Å²) in [5.41, 5.74) is 3.57. The van der Waals surface area contributed by atoms with Crippen molar-refractivity contribution in [3.8, 4) is 0 Å². The van der Waals surface area contributed by atoms with Gasteiger partial charge in [0.25, 0.3) is 0 Å². The number of hydrogen-bond donors (Lipinski definition) is 3. The molecule has 3 aliphatic carbocycles. The smallest absolute Gasteiger partial charge is 0.460 e. The van der Waals surface area contributed by atoms with Crippen LogP contribution in [0.5, 0.6) is 0 Å². The summed E-state index contributed by atoms with van der Waals surface area (Å²) in [4.78, 5) is 85.5. The van der Waals surface area contributed by atoms with Crippen molar-refractivity contribution in [2.75, 3.05) is 6.61 Å². The molecule has 5 aromatic rings. The van der Waals surface area contributed by atoms with Gasteiger partial charge in [-0.05, 0) is 213 Å². The minimum Gasteiger partial charge on any atom is -0.460 e. The predicted octanol–water partition coefficient (Wildman–Crippen LogP) is 13.9. The largest absolute Gasteiger partial charge is 0.508 e. The number of ether oxygens (including phenoxy) is 9. The number of aryl methyl sites for hydroxylation is 1. The summed E-state index contributed by atoms with van der Waals surface area (Å²) in [6.07, 6.45) is 35.9. The normalized spacial score (nSPS) is 29.9. The number of allylic oxidation sites excluding steroid dienone is 6. The molecule has 2 aromatic carbocycles. The first kappa shape index (κ1) is 75.2. The molecule has 0 spiro atoms. The Morgan fingerprint density at radius 3 is 1.46 bits per heavy atom. The minimum absolute atomic E-state index is 0.0360. The highest BCUT2D eigenvalue weighted by molar-refractivity contribution is 5.85. The van der Waals surface area contributed by atoms with Crippen molar-refractivity contribution < 1.29 is 86.7 Å². The van der Waals surface area contributed by atoms with E-state index in [9.17, 15) is 44.1 Å². The number of hydrogen-bond acceptors (Lipinski definition) is 21. The van der Waals surface area contributed by atoms with E-state index in [2.05, 4.69) is 51.4 Å². The van der Waals surface area contributed by atoms with Crippen molar-refractivity contribution in [1.82, 2.24) is 15.0 Å². The number of fused-ring (bicyclic) bond motifs is 5. The molecule has 3 fully saturated rings. The van der Waals surface area contributed by atoms with E-state index in [0.29, 0.717) is 44.9 Å². The number of aliphatic hydroxyl groups is 3. The molecule has 15 atom stereocenters. The van der Waals surface area contributed by atoms with Gasteiger partial charge >= 0.3 is 36.4 Å².